The number of thioether (sulfide) groups is 1. The first-order chi connectivity index (χ1) is 11.6. The number of aryl methyl sites for hydroxylation is 1. The summed E-state index contributed by atoms with van der Waals surface area (Å²) in [6.07, 6.45) is 3.93. The Kier molecular flexibility index (Phi) is 14.3. The molecule has 2 N–H and O–H groups in total. The average Bonchev–Trinajstić information content (AvgIpc) is 2.94. The lowest BCUT2D eigenvalue weighted by atomic mass is 10.2. The molecule has 0 radical (unpaired) electrons. The highest BCUT2D eigenvalue weighted by Gasteiger charge is 2.12. The van der Waals surface area contributed by atoms with Gasteiger partial charge in [-0.3, -0.25) is 4.99 Å². The fraction of sp³-hybridized carbons (Fsp3) is 0.812. The van der Waals surface area contributed by atoms with Crippen molar-refractivity contribution >= 4 is 41.7 Å². The van der Waals surface area contributed by atoms with Crippen LogP contribution in [0.2, 0.25) is 0 Å². The molecule has 0 atom stereocenters. The van der Waals surface area contributed by atoms with Crippen molar-refractivity contribution in [3.63, 3.8) is 0 Å². The molecule has 0 aliphatic rings. The molecule has 7 nitrogen and oxygen atoms in total. The Bertz CT molecular complexity index is 495. The minimum Gasteiger partial charge on any atom is -0.380 e. The normalized spacial score (nSPS) is 11.5. The van der Waals surface area contributed by atoms with E-state index >= 15 is 0 Å². The van der Waals surface area contributed by atoms with E-state index in [4.69, 9.17) is 4.74 Å². The number of halogens is 1. The third-order valence-electron chi connectivity index (χ3n) is 3.36. The fourth-order valence-electron chi connectivity index (χ4n) is 2.26. The molecule has 9 heteroatoms. The third-order valence-corrected chi connectivity index (χ3v) is 4.03. The Balaban J connectivity index is 0.00000576. The molecule has 25 heavy (non-hydrogen) atoms. The van der Waals surface area contributed by atoms with Crippen LogP contribution in [-0.2, 0) is 17.7 Å². The molecule has 1 aromatic rings. The van der Waals surface area contributed by atoms with Crippen molar-refractivity contribution in [1.82, 2.24) is 25.4 Å². The molecule has 1 heterocycles. The second kappa shape index (κ2) is 14.6. The van der Waals surface area contributed by atoms with Gasteiger partial charge in [0.1, 0.15) is 5.82 Å². The summed E-state index contributed by atoms with van der Waals surface area (Å²) in [5, 5.41) is 16.2. The average molecular weight is 484 g/mol. The summed E-state index contributed by atoms with van der Waals surface area (Å²) in [6.45, 7) is 10.4. The molecule has 0 bridgehead atoms. The number of aliphatic imine (C=N–C) groups is 1. The van der Waals surface area contributed by atoms with Crippen molar-refractivity contribution < 1.29 is 4.74 Å². The van der Waals surface area contributed by atoms with E-state index in [1.807, 2.05) is 13.2 Å². The van der Waals surface area contributed by atoms with Gasteiger partial charge >= 0.3 is 0 Å². The monoisotopic (exact) mass is 484 g/mol. The van der Waals surface area contributed by atoms with Gasteiger partial charge in [-0.2, -0.15) is 0 Å². The molecular weight excluding hydrogens is 451 g/mol. The number of nitrogens with one attached hydrogen (secondary N) is 2. The summed E-state index contributed by atoms with van der Waals surface area (Å²) < 4.78 is 7.54. The number of nitrogens with zero attached hydrogens (tertiary/aromatic N) is 4. The van der Waals surface area contributed by atoms with Crippen LogP contribution >= 0.6 is 35.7 Å². The van der Waals surface area contributed by atoms with Gasteiger partial charge in [0, 0.05) is 39.7 Å². The highest BCUT2D eigenvalue weighted by atomic mass is 127. The fourth-order valence-corrected chi connectivity index (χ4v) is 2.79. The zero-order valence-corrected chi connectivity index (χ0v) is 19.2. The number of guanidine groups is 1. The topological polar surface area (TPSA) is 76.4 Å². The first-order valence-corrected chi connectivity index (χ1v) is 9.83. The summed E-state index contributed by atoms with van der Waals surface area (Å²) in [5.41, 5.74) is 0. The zero-order chi connectivity index (χ0) is 17.8. The van der Waals surface area contributed by atoms with Gasteiger partial charge in [-0.25, -0.2) is 0 Å². The molecule has 0 fully saturated rings. The molecule has 0 spiro atoms. The van der Waals surface area contributed by atoms with Crippen LogP contribution in [0.25, 0.3) is 0 Å². The van der Waals surface area contributed by atoms with Crippen molar-refractivity contribution in [1.29, 1.82) is 0 Å². The molecule has 0 saturated heterocycles. The van der Waals surface area contributed by atoms with E-state index in [0.717, 1.165) is 56.0 Å². The molecular formula is C16H33IN6OS. The quantitative estimate of drug-likeness (QED) is 0.165. The number of aromatic nitrogens is 3. The maximum Gasteiger partial charge on any atom is 0.191 e. The van der Waals surface area contributed by atoms with Crippen LogP contribution in [0, 0.1) is 5.92 Å². The zero-order valence-electron chi connectivity index (χ0n) is 16.0. The Morgan fingerprint density at radius 1 is 1.28 bits per heavy atom. The molecule has 146 valence electrons. The van der Waals surface area contributed by atoms with Crippen LogP contribution < -0.4 is 10.6 Å². The molecule has 1 aromatic heterocycles. The molecule has 0 aromatic carbocycles. The SMILES string of the molecule is CCOCCNC(=NC)NCCCc1nnc(SC)n1CC(C)C.I. The van der Waals surface area contributed by atoms with Gasteiger partial charge in [-0.15, -0.1) is 34.2 Å². The predicted octanol–water partition coefficient (Wildman–Crippen LogP) is 2.41. The third kappa shape index (κ3) is 9.64. The predicted molar refractivity (Wildman–Crippen MR) is 116 cm³/mol. The van der Waals surface area contributed by atoms with Crippen LogP contribution in [0.4, 0.5) is 0 Å². The van der Waals surface area contributed by atoms with E-state index in [2.05, 4.69) is 44.2 Å². The Morgan fingerprint density at radius 3 is 2.60 bits per heavy atom. The van der Waals surface area contributed by atoms with Crippen molar-refractivity contribution in [3.8, 4) is 0 Å². The number of hydrogen-bond acceptors (Lipinski definition) is 5. The van der Waals surface area contributed by atoms with Crippen LogP contribution in [-0.4, -0.2) is 60.3 Å². The van der Waals surface area contributed by atoms with E-state index < -0.39 is 0 Å². The number of rotatable bonds is 11. The minimum atomic E-state index is 0. The lowest BCUT2D eigenvalue weighted by molar-refractivity contribution is 0.152. The molecule has 0 unspecified atom stereocenters. The Labute approximate surface area is 173 Å². The summed E-state index contributed by atoms with van der Waals surface area (Å²) in [4.78, 5) is 4.21. The van der Waals surface area contributed by atoms with Gasteiger partial charge in [0.05, 0.1) is 6.61 Å². The summed E-state index contributed by atoms with van der Waals surface area (Å²) in [6, 6.07) is 0. The maximum atomic E-state index is 5.30. The van der Waals surface area contributed by atoms with Crippen molar-refractivity contribution in [2.45, 2.75) is 45.3 Å². The van der Waals surface area contributed by atoms with Crippen LogP contribution in [0.15, 0.2) is 10.1 Å². The molecule has 1 rings (SSSR count). The second-order valence-corrected chi connectivity index (χ2v) is 6.61. The van der Waals surface area contributed by atoms with E-state index in [1.165, 1.54) is 0 Å². The second-order valence-electron chi connectivity index (χ2n) is 5.83. The maximum absolute atomic E-state index is 5.30. The van der Waals surface area contributed by atoms with Crippen molar-refractivity contribution in [2.75, 3.05) is 39.6 Å². The molecule has 0 aliphatic heterocycles. The van der Waals surface area contributed by atoms with Crippen molar-refractivity contribution in [2.24, 2.45) is 10.9 Å². The van der Waals surface area contributed by atoms with E-state index in [9.17, 15) is 0 Å². The molecule has 0 aliphatic carbocycles. The van der Waals surface area contributed by atoms with Gasteiger partial charge < -0.3 is 19.9 Å². The van der Waals surface area contributed by atoms with Crippen LogP contribution in [0.3, 0.4) is 0 Å². The largest absolute Gasteiger partial charge is 0.380 e. The highest BCUT2D eigenvalue weighted by molar-refractivity contribution is 14.0. The lowest BCUT2D eigenvalue weighted by Crippen LogP contribution is -2.39. The van der Waals surface area contributed by atoms with Crippen LogP contribution in [0.5, 0.6) is 0 Å². The first kappa shape index (κ1) is 24.5. The van der Waals surface area contributed by atoms with Crippen molar-refractivity contribution in [3.05, 3.63) is 5.82 Å². The Hall–Kier alpha value is -0.550. The summed E-state index contributed by atoms with van der Waals surface area (Å²) in [7, 11) is 1.78. The lowest BCUT2D eigenvalue weighted by Gasteiger charge is -2.13. The standard InChI is InChI=1S/C16H32N6OS.HI/c1-6-23-11-10-19-15(17-4)18-9-7-8-14-20-21-16(24-5)22(14)12-13(2)3;/h13H,6-12H2,1-5H3,(H2,17,18,19);1H. The van der Waals surface area contributed by atoms with Gasteiger partial charge in [-0.1, -0.05) is 25.6 Å². The molecule has 0 saturated carbocycles. The number of hydrogen-bond donors (Lipinski definition) is 2. The first-order valence-electron chi connectivity index (χ1n) is 8.60. The Morgan fingerprint density at radius 2 is 2.00 bits per heavy atom. The smallest absolute Gasteiger partial charge is 0.191 e. The van der Waals surface area contributed by atoms with Gasteiger partial charge in [0.15, 0.2) is 11.1 Å². The van der Waals surface area contributed by atoms with Crippen LogP contribution in [0.1, 0.15) is 33.0 Å². The number of ether oxygens (including phenoxy) is 1. The van der Waals surface area contributed by atoms with E-state index in [0.29, 0.717) is 12.5 Å². The minimum absolute atomic E-state index is 0. The summed E-state index contributed by atoms with van der Waals surface area (Å²) in [5.74, 6) is 2.45. The van der Waals surface area contributed by atoms with E-state index in [-0.39, 0.29) is 24.0 Å². The highest BCUT2D eigenvalue weighted by Crippen LogP contribution is 2.16. The van der Waals surface area contributed by atoms with Gasteiger partial charge in [0.25, 0.3) is 0 Å². The molecule has 0 amide bonds. The van der Waals surface area contributed by atoms with Gasteiger partial charge in [0.2, 0.25) is 0 Å². The summed E-state index contributed by atoms with van der Waals surface area (Å²) >= 11 is 1.65. The van der Waals surface area contributed by atoms with Gasteiger partial charge in [-0.05, 0) is 25.5 Å². The van der Waals surface area contributed by atoms with E-state index in [1.54, 1.807) is 18.8 Å².